The van der Waals surface area contributed by atoms with Crippen LogP contribution < -0.4 is 15.1 Å². The smallest absolute Gasteiger partial charge is 0.122 e. The van der Waals surface area contributed by atoms with Gasteiger partial charge in [0.15, 0.2) is 0 Å². The topological polar surface area (TPSA) is 9.23 Å². The minimum Gasteiger partial charge on any atom is -0.497 e. The molecule has 1 atom stereocenters. The number of hydrogen-bond acceptors (Lipinski definition) is 1. The van der Waals surface area contributed by atoms with E-state index in [2.05, 4.69) is 87.6 Å². The van der Waals surface area contributed by atoms with Crippen LogP contribution >= 0.6 is 0 Å². The van der Waals surface area contributed by atoms with E-state index in [0.29, 0.717) is 5.92 Å². The molecule has 0 fully saturated rings. The Morgan fingerprint density at radius 1 is 1.00 bits per heavy atom. The molecule has 1 aliphatic rings. The fraction of sp³-hybridized carbons (Fsp3) is 0.600. The van der Waals surface area contributed by atoms with Gasteiger partial charge in [0.2, 0.25) is 0 Å². The quantitative estimate of drug-likeness (QED) is 0.570. The summed E-state index contributed by atoms with van der Waals surface area (Å²) < 4.78 is 6.24. The number of aryl methyl sites for hydroxylation is 1. The van der Waals surface area contributed by atoms with Crippen molar-refractivity contribution in [1.82, 2.24) is 0 Å². The molecule has 3 heteroatoms. The number of ether oxygens (including phenoxy) is 1. The van der Waals surface area contributed by atoms with Gasteiger partial charge in [-0.25, -0.2) is 0 Å². The zero-order valence-corrected chi connectivity index (χ0v) is 22.8. The first-order valence-corrected chi connectivity index (χ1v) is 16.7. The number of benzene rings is 1. The molecule has 0 saturated carbocycles. The predicted molar refractivity (Wildman–Crippen MR) is 132 cm³/mol. The van der Waals surface area contributed by atoms with Gasteiger partial charge in [-0.15, -0.1) is 0 Å². The summed E-state index contributed by atoms with van der Waals surface area (Å²) >= 11 is 0. The van der Waals surface area contributed by atoms with Crippen LogP contribution in [0.5, 0.6) is 5.75 Å². The van der Waals surface area contributed by atoms with Crippen LogP contribution in [-0.2, 0) is 5.41 Å². The highest BCUT2D eigenvalue weighted by Gasteiger charge is 2.41. The minimum atomic E-state index is -1.89. The van der Waals surface area contributed by atoms with Crippen molar-refractivity contribution in [3.63, 3.8) is 0 Å². The average molecular weight is 415 g/mol. The van der Waals surface area contributed by atoms with Gasteiger partial charge in [-0.1, -0.05) is 87.0 Å². The summed E-state index contributed by atoms with van der Waals surface area (Å²) in [7, 11) is -0.991. The summed E-state index contributed by atoms with van der Waals surface area (Å²) in [4.78, 5) is 0. The standard InChI is InChI=1S/C25H42OSi2/c1-15-14-20(22(26-9)21(25(6,7)8)23(15)27(10)11)28(12,13)24-18(4)16(2)17(3)19(24)5/h14,18,27H,1-13H3. The zero-order valence-electron chi connectivity index (χ0n) is 20.6. The lowest BCUT2D eigenvalue weighted by Gasteiger charge is -2.36. The zero-order chi connectivity index (χ0) is 21.8. The van der Waals surface area contributed by atoms with E-state index in [1.807, 2.05) is 7.11 Å². The van der Waals surface area contributed by atoms with E-state index in [-0.39, 0.29) is 5.41 Å². The van der Waals surface area contributed by atoms with Gasteiger partial charge in [-0.2, -0.15) is 0 Å². The first-order valence-electron chi connectivity index (χ1n) is 10.8. The maximum absolute atomic E-state index is 6.24. The van der Waals surface area contributed by atoms with Crippen LogP contribution in [0.25, 0.3) is 0 Å². The minimum absolute atomic E-state index is 0.0813. The third-order valence-corrected chi connectivity index (χ3v) is 12.8. The summed E-state index contributed by atoms with van der Waals surface area (Å²) in [5.41, 5.74) is 7.61. The van der Waals surface area contributed by atoms with Crippen LogP contribution in [0.1, 0.15) is 59.6 Å². The highest BCUT2D eigenvalue weighted by molar-refractivity contribution is 6.96. The Morgan fingerprint density at radius 3 is 1.89 bits per heavy atom. The molecule has 0 aromatic heterocycles. The summed E-state index contributed by atoms with van der Waals surface area (Å²) in [6, 6.07) is 2.50. The lowest BCUT2D eigenvalue weighted by molar-refractivity contribution is 0.401. The molecule has 0 N–H and O–H groups in total. The monoisotopic (exact) mass is 414 g/mol. The summed E-state index contributed by atoms with van der Waals surface area (Å²) in [5.74, 6) is 1.73. The van der Waals surface area contributed by atoms with E-state index >= 15 is 0 Å². The van der Waals surface area contributed by atoms with Crippen molar-refractivity contribution in [3.05, 3.63) is 39.1 Å². The Balaban J connectivity index is 2.89. The van der Waals surface area contributed by atoms with Crippen LogP contribution in [0.2, 0.25) is 26.2 Å². The van der Waals surface area contributed by atoms with Crippen molar-refractivity contribution in [3.8, 4) is 5.75 Å². The van der Waals surface area contributed by atoms with Gasteiger partial charge in [-0.05, 0) is 55.4 Å². The molecule has 1 unspecified atom stereocenters. The largest absolute Gasteiger partial charge is 0.497 e. The van der Waals surface area contributed by atoms with Gasteiger partial charge < -0.3 is 4.74 Å². The predicted octanol–water partition coefficient (Wildman–Crippen LogP) is 5.75. The molecule has 0 saturated heterocycles. The molecular formula is C25H42OSi2. The Kier molecular flexibility index (Phi) is 6.34. The first-order chi connectivity index (χ1) is 12.7. The molecule has 1 aromatic rings. The van der Waals surface area contributed by atoms with E-state index in [1.165, 1.54) is 33.2 Å². The molecule has 1 nitrogen and oxygen atoms in total. The number of rotatable bonds is 4. The van der Waals surface area contributed by atoms with Gasteiger partial charge in [0.1, 0.15) is 13.8 Å². The Labute approximate surface area is 176 Å². The number of methoxy groups -OCH3 is 1. The van der Waals surface area contributed by atoms with Crippen LogP contribution in [0.4, 0.5) is 0 Å². The molecule has 0 bridgehead atoms. The second-order valence-corrected chi connectivity index (χ2v) is 17.9. The molecule has 0 heterocycles. The lowest BCUT2D eigenvalue weighted by Crippen LogP contribution is -2.49. The van der Waals surface area contributed by atoms with Crippen molar-refractivity contribution < 1.29 is 4.74 Å². The molecule has 1 aliphatic carbocycles. The van der Waals surface area contributed by atoms with Crippen molar-refractivity contribution in [2.45, 2.75) is 87.0 Å². The van der Waals surface area contributed by atoms with Crippen molar-refractivity contribution in [2.75, 3.05) is 7.11 Å². The third-order valence-electron chi connectivity index (χ3n) is 7.05. The normalized spacial score (nSPS) is 18.6. The first kappa shape index (κ1) is 23.2. The van der Waals surface area contributed by atoms with Gasteiger partial charge >= 0.3 is 0 Å². The maximum atomic E-state index is 6.24. The molecule has 1 aromatic carbocycles. The number of allylic oxidation sites excluding steroid dienone is 4. The van der Waals surface area contributed by atoms with Crippen molar-refractivity contribution >= 4 is 27.2 Å². The molecule has 0 spiro atoms. The Morgan fingerprint density at radius 2 is 1.54 bits per heavy atom. The fourth-order valence-electron chi connectivity index (χ4n) is 5.50. The van der Waals surface area contributed by atoms with Crippen LogP contribution in [0.3, 0.4) is 0 Å². The fourth-order valence-corrected chi connectivity index (χ4v) is 11.7. The molecule has 0 aliphatic heterocycles. The van der Waals surface area contributed by atoms with Crippen LogP contribution in [0, 0.1) is 12.8 Å². The highest BCUT2D eigenvalue weighted by Crippen LogP contribution is 2.43. The molecule has 0 radical (unpaired) electrons. The third kappa shape index (κ3) is 3.61. The van der Waals surface area contributed by atoms with Crippen LogP contribution in [-0.4, -0.2) is 24.0 Å². The summed E-state index contributed by atoms with van der Waals surface area (Å²) in [6.07, 6.45) is 0. The van der Waals surface area contributed by atoms with Gasteiger partial charge in [0.25, 0.3) is 0 Å². The Hall–Kier alpha value is -1.07. The second-order valence-electron chi connectivity index (χ2n) is 10.7. The Bertz CT molecular complexity index is 848. The van der Waals surface area contributed by atoms with E-state index in [9.17, 15) is 0 Å². The molecule has 156 valence electrons. The maximum Gasteiger partial charge on any atom is 0.122 e. The molecule has 28 heavy (non-hydrogen) atoms. The lowest BCUT2D eigenvalue weighted by atomic mass is 9.85. The summed E-state index contributed by atoms with van der Waals surface area (Å²) in [6.45, 7) is 28.7. The molecular weight excluding hydrogens is 372 g/mol. The summed E-state index contributed by atoms with van der Waals surface area (Å²) in [5, 5.41) is 4.78. The van der Waals surface area contributed by atoms with Crippen molar-refractivity contribution in [1.29, 1.82) is 0 Å². The van der Waals surface area contributed by atoms with Gasteiger partial charge in [0, 0.05) is 0 Å². The molecule has 2 rings (SSSR count). The number of hydrogen-bond donors (Lipinski definition) is 0. The molecule has 0 amide bonds. The second kappa shape index (κ2) is 7.64. The van der Waals surface area contributed by atoms with E-state index in [1.54, 1.807) is 16.0 Å². The SMILES string of the molecule is COc1c([Si](C)(C)C2=C(C)C(C)=C(C)C2C)cc(C)c([SiH](C)C)c1C(C)(C)C. The van der Waals surface area contributed by atoms with Gasteiger partial charge in [0.05, 0.1) is 15.9 Å². The van der Waals surface area contributed by atoms with Crippen molar-refractivity contribution in [2.24, 2.45) is 5.92 Å². The van der Waals surface area contributed by atoms with E-state index in [0.717, 1.165) is 0 Å². The highest BCUT2D eigenvalue weighted by atomic mass is 28.3. The average Bonchev–Trinajstić information content (AvgIpc) is 2.76. The van der Waals surface area contributed by atoms with E-state index in [4.69, 9.17) is 4.74 Å². The van der Waals surface area contributed by atoms with Crippen LogP contribution in [0.15, 0.2) is 28.0 Å². The van der Waals surface area contributed by atoms with E-state index < -0.39 is 16.9 Å². The van der Waals surface area contributed by atoms with Gasteiger partial charge in [-0.3, -0.25) is 0 Å².